The lowest BCUT2D eigenvalue weighted by molar-refractivity contribution is -0.138. The highest BCUT2D eigenvalue weighted by Crippen LogP contribution is 2.26. The summed E-state index contributed by atoms with van der Waals surface area (Å²) in [6, 6.07) is 27.7. The van der Waals surface area contributed by atoms with Gasteiger partial charge in [-0.25, -0.2) is 4.98 Å². The highest BCUT2D eigenvalue weighted by Gasteiger charge is 2.15. The summed E-state index contributed by atoms with van der Waals surface area (Å²) < 4.78 is 0. The summed E-state index contributed by atoms with van der Waals surface area (Å²) in [5.41, 5.74) is 7.37. The molecule has 5 nitrogen and oxygen atoms in total. The quantitative estimate of drug-likeness (QED) is 0.185. The molecule has 1 heterocycles. The molecule has 0 bridgehead atoms. The van der Waals surface area contributed by atoms with Gasteiger partial charge in [-0.15, -0.1) is 11.3 Å². The first-order valence-corrected chi connectivity index (χ1v) is 14.9. The van der Waals surface area contributed by atoms with Crippen molar-refractivity contribution in [3.05, 3.63) is 106 Å². The normalized spacial score (nSPS) is 11.6. The van der Waals surface area contributed by atoms with Crippen LogP contribution in [-0.4, -0.2) is 40.6 Å². The van der Waals surface area contributed by atoms with E-state index in [2.05, 4.69) is 86.5 Å². The molecule has 0 atom stereocenters. The summed E-state index contributed by atoms with van der Waals surface area (Å²) in [7, 11) is 0. The summed E-state index contributed by atoms with van der Waals surface area (Å²) in [6.45, 7) is 12.0. The summed E-state index contributed by atoms with van der Waals surface area (Å²) >= 11 is 1.58. The van der Waals surface area contributed by atoms with Crippen molar-refractivity contribution in [1.29, 1.82) is 0 Å². The third-order valence-electron chi connectivity index (χ3n) is 6.86. The number of hydrogen-bond acceptors (Lipinski definition) is 5. The zero-order valence-corrected chi connectivity index (χ0v) is 25.0. The third kappa shape index (κ3) is 9.04. The predicted molar refractivity (Wildman–Crippen MR) is 167 cm³/mol. The molecule has 0 amide bonds. The largest absolute Gasteiger partial charge is 0.480 e. The number of rotatable bonds is 13. The Labute approximate surface area is 243 Å². The van der Waals surface area contributed by atoms with Crippen LogP contribution in [0.2, 0.25) is 0 Å². The Hall–Kier alpha value is -3.48. The maximum Gasteiger partial charge on any atom is 0.317 e. The van der Waals surface area contributed by atoms with Crippen LogP contribution in [0.25, 0.3) is 11.3 Å². The highest BCUT2D eigenvalue weighted by molar-refractivity contribution is 7.09. The van der Waals surface area contributed by atoms with E-state index in [4.69, 9.17) is 4.98 Å². The van der Waals surface area contributed by atoms with E-state index in [1.165, 1.54) is 16.8 Å². The lowest BCUT2D eigenvalue weighted by Gasteiger charge is -2.23. The first kappa shape index (κ1) is 29.5. The van der Waals surface area contributed by atoms with Crippen molar-refractivity contribution in [2.75, 3.05) is 24.5 Å². The minimum atomic E-state index is -0.832. The number of likely N-dealkylation sites (N-methyl/N-ethyl adjacent to an activating group) is 1. The number of nitrogens with zero attached hydrogens (tertiary/aromatic N) is 3. The van der Waals surface area contributed by atoms with Crippen LogP contribution in [0, 0.1) is 5.41 Å². The van der Waals surface area contributed by atoms with E-state index in [0.717, 1.165) is 47.8 Å². The standard InChI is InChI=1S/C34H41N3O2S/c1-5-37(20-19-26-11-13-27(14-12-26)21-34(2,3)4)30-17-15-29(16-18-30)31-25-40-32(35-31)23-36(24-33(38)39)22-28-9-7-6-8-10-28/h6-18,25H,5,19-24H2,1-4H3,(H,38,39). The molecule has 0 saturated carbocycles. The number of thiazole rings is 1. The Bertz CT molecular complexity index is 1340. The topological polar surface area (TPSA) is 56.7 Å². The molecule has 0 unspecified atom stereocenters. The Morgan fingerprint density at radius 2 is 1.55 bits per heavy atom. The molecule has 0 radical (unpaired) electrons. The van der Waals surface area contributed by atoms with Crippen LogP contribution in [0.4, 0.5) is 5.69 Å². The van der Waals surface area contributed by atoms with Crippen LogP contribution in [-0.2, 0) is 30.7 Å². The Balaban J connectivity index is 1.36. The molecule has 3 aromatic carbocycles. The van der Waals surface area contributed by atoms with Crippen molar-refractivity contribution < 1.29 is 9.90 Å². The van der Waals surface area contributed by atoms with Gasteiger partial charge in [0.1, 0.15) is 5.01 Å². The van der Waals surface area contributed by atoms with E-state index >= 15 is 0 Å². The average molecular weight is 556 g/mol. The molecule has 0 aliphatic heterocycles. The Kier molecular flexibility index (Phi) is 10.1. The molecule has 1 aromatic heterocycles. The molecular weight excluding hydrogens is 514 g/mol. The fraction of sp³-hybridized carbons (Fsp3) is 0.353. The SMILES string of the molecule is CCN(CCc1ccc(CC(C)(C)C)cc1)c1ccc(-c2csc(CN(CC(=O)O)Cc3ccccc3)n2)cc1. The van der Waals surface area contributed by atoms with Crippen LogP contribution < -0.4 is 4.90 Å². The molecule has 4 rings (SSSR count). The monoisotopic (exact) mass is 555 g/mol. The van der Waals surface area contributed by atoms with Crippen molar-refractivity contribution in [3.63, 3.8) is 0 Å². The zero-order valence-electron chi connectivity index (χ0n) is 24.1. The fourth-order valence-corrected chi connectivity index (χ4v) is 5.77. The molecule has 1 N–H and O–H groups in total. The van der Waals surface area contributed by atoms with Gasteiger partial charge in [-0.3, -0.25) is 9.69 Å². The van der Waals surface area contributed by atoms with Gasteiger partial charge in [0.05, 0.1) is 18.8 Å². The van der Waals surface area contributed by atoms with Gasteiger partial charge in [-0.1, -0.05) is 87.5 Å². The number of carbonyl (C=O) groups is 1. The zero-order chi connectivity index (χ0) is 28.5. The summed E-state index contributed by atoms with van der Waals surface area (Å²) in [5.74, 6) is -0.832. The van der Waals surface area contributed by atoms with Crippen LogP contribution in [0.15, 0.2) is 84.2 Å². The maximum absolute atomic E-state index is 11.5. The summed E-state index contributed by atoms with van der Waals surface area (Å²) in [5, 5.41) is 12.4. The van der Waals surface area contributed by atoms with E-state index < -0.39 is 5.97 Å². The van der Waals surface area contributed by atoms with Gasteiger partial charge in [0.15, 0.2) is 0 Å². The average Bonchev–Trinajstić information content (AvgIpc) is 3.38. The summed E-state index contributed by atoms with van der Waals surface area (Å²) in [4.78, 5) is 20.6. The molecule has 0 spiro atoms. The molecule has 0 saturated heterocycles. The molecule has 4 aromatic rings. The number of aliphatic carboxylic acids is 1. The van der Waals surface area contributed by atoms with Crippen LogP contribution in [0.1, 0.15) is 49.4 Å². The van der Waals surface area contributed by atoms with E-state index in [1.54, 1.807) is 11.3 Å². The lowest BCUT2D eigenvalue weighted by atomic mass is 9.88. The molecular formula is C34H41N3O2S. The van der Waals surface area contributed by atoms with E-state index in [0.29, 0.717) is 18.5 Å². The van der Waals surface area contributed by atoms with Gasteiger partial charge in [0.25, 0.3) is 0 Å². The number of carboxylic acids is 1. The van der Waals surface area contributed by atoms with E-state index in [1.807, 2.05) is 35.2 Å². The maximum atomic E-state index is 11.5. The van der Waals surface area contributed by atoms with Crippen LogP contribution in [0.3, 0.4) is 0 Å². The second-order valence-electron chi connectivity index (χ2n) is 11.6. The number of carboxylic acid groups (broad SMARTS) is 1. The number of hydrogen-bond donors (Lipinski definition) is 1. The predicted octanol–water partition coefficient (Wildman–Crippen LogP) is 7.55. The molecule has 210 valence electrons. The Morgan fingerprint density at radius 1 is 0.875 bits per heavy atom. The molecule has 0 aliphatic carbocycles. The lowest BCUT2D eigenvalue weighted by Crippen LogP contribution is -2.28. The highest BCUT2D eigenvalue weighted by atomic mass is 32.1. The molecule has 0 fully saturated rings. The first-order chi connectivity index (χ1) is 19.2. The minimum Gasteiger partial charge on any atom is -0.480 e. The van der Waals surface area contributed by atoms with E-state index in [9.17, 15) is 9.90 Å². The van der Waals surface area contributed by atoms with Gasteiger partial charge in [0.2, 0.25) is 0 Å². The minimum absolute atomic E-state index is 0.0214. The first-order valence-electron chi connectivity index (χ1n) is 14.0. The second-order valence-corrected chi connectivity index (χ2v) is 12.5. The molecule has 6 heteroatoms. The van der Waals surface area contributed by atoms with Gasteiger partial charge in [0, 0.05) is 36.3 Å². The number of aromatic nitrogens is 1. The molecule has 0 aliphatic rings. The van der Waals surface area contributed by atoms with Crippen molar-refractivity contribution >= 4 is 23.0 Å². The van der Waals surface area contributed by atoms with Gasteiger partial charge < -0.3 is 10.0 Å². The van der Waals surface area contributed by atoms with Crippen molar-refractivity contribution in [1.82, 2.24) is 9.88 Å². The van der Waals surface area contributed by atoms with Crippen LogP contribution in [0.5, 0.6) is 0 Å². The van der Waals surface area contributed by atoms with E-state index in [-0.39, 0.29) is 6.54 Å². The third-order valence-corrected chi connectivity index (χ3v) is 7.69. The number of benzene rings is 3. The molecule has 40 heavy (non-hydrogen) atoms. The van der Waals surface area contributed by atoms with Gasteiger partial charge >= 0.3 is 5.97 Å². The second kappa shape index (κ2) is 13.7. The van der Waals surface area contributed by atoms with Crippen molar-refractivity contribution in [2.24, 2.45) is 5.41 Å². The van der Waals surface area contributed by atoms with Crippen molar-refractivity contribution in [2.45, 2.75) is 53.6 Å². The smallest absolute Gasteiger partial charge is 0.317 e. The number of anilines is 1. The van der Waals surface area contributed by atoms with Gasteiger partial charge in [-0.05, 0) is 54.0 Å². The summed E-state index contributed by atoms with van der Waals surface area (Å²) in [6.07, 6.45) is 2.10. The van der Waals surface area contributed by atoms with Crippen molar-refractivity contribution in [3.8, 4) is 11.3 Å². The fourth-order valence-electron chi connectivity index (χ4n) is 4.92. The van der Waals surface area contributed by atoms with Crippen LogP contribution >= 0.6 is 11.3 Å². The Morgan fingerprint density at radius 3 is 2.17 bits per heavy atom. The van der Waals surface area contributed by atoms with Gasteiger partial charge in [-0.2, -0.15) is 0 Å².